The van der Waals surface area contributed by atoms with Gasteiger partial charge in [0.05, 0.1) is 49.1 Å². The number of ether oxygens (including phenoxy) is 4. The van der Waals surface area contributed by atoms with Crippen molar-refractivity contribution in [3.8, 4) is 17.2 Å². The van der Waals surface area contributed by atoms with Gasteiger partial charge in [0.1, 0.15) is 11.9 Å². The van der Waals surface area contributed by atoms with Crippen LogP contribution in [0.5, 0.6) is 17.2 Å². The van der Waals surface area contributed by atoms with Crippen LogP contribution in [-0.2, 0) is 14.3 Å². The lowest BCUT2D eigenvalue weighted by Gasteiger charge is -2.35. The van der Waals surface area contributed by atoms with Crippen molar-refractivity contribution in [2.45, 2.75) is 37.8 Å². The molecule has 6 rings (SSSR count). The van der Waals surface area contributed by atoms with Gasteiger partial charge in [-0.2, -0.15) is 0 Å². The summed E-state index contributed by atoms with van der Waals surface area (Å²) in [6.07, 6.45) is 3.28. The molecule has 36 heavy (non-hydrogen) atoms. The van der Waals surface area contributed by atoms with Crippen LogP contribution < -0.4 is 19.1 Å². The lowest BCUT2D eigenvalue weighted by molar-refractivity contribution is -0.131. The normalized spacial score (nSPS) is 23.4. The van der Waals surface area contributed by atoms with Crippen molar-refractivity contribution in [1.29, 1.82) is 0 Å². The summed E-state index contributed by atoms with van der Waals surface area (Å²) in [7, 11) is 4.74. The lowest BCUT2D eigenvalue weighted by atomic mass is 9.77. The maximum Gasteiger partial charge on any atom is 0.296 e. The molecule has 3 aliphatic rings. The van der Waals surface area contributed by atoms with E-state index < -0.39 is 6.04 Å². The summed E-state index contributed by atoms with van der Waals surface area (Å²) in [5, 5.41) is 0.497. The van der Waals surface area contributed by atoms with Crippen LogP contribution in [0.1, 0.15) is 37.3 Å². The van der Waals surface area contributed by atoms with Crippen molar-refractivity contribution < 1.29 is 28.5 Å². The predicted molar refractivity (Wildman–Crippen MR) is 135 cm³/mol. The van der Waals surface area contributed by atoms with Gasteiger partial charge in [0.2, 0.25) is 0 Å². The molecule has 1 aliphatic carbocycles. The highest BCUT2D eigenvalue weighted by Crippen LogP contribution is 2.50. The van der Waals surface area contributed by atoms with E-state index in [1.165, 1.54) is 11.3 Å². The summed E-state index contributed by atoms with van der Waals surface area (Å²) in [5.74, 6) is 1.38. The Morgan fingerprint density at radius 2 is 1.78 bits per heavy atom. The zero-order valence-electron chi connectivity index (χ0n) is 20.3. The van der Waals surface area contributed by atoms with E-state index in [1.807, 2.05) is 30.3 Å². The van der Waals surface area contributed by atoms with E-state index in [0.29, 0.717) is 28.0 Å². The summed E-state index contributed by atoms with van der Waals surface area (Å²) in [6.45, 7) is 0. The van der Waals surface area contributed by atoms with E-state index >= 15 is 0 Å². The number of thiazole rings is 1. The number of anilines is 1. The van der Waals surface area contributed by atoms with E-state index in [4.69, 9.17) is 23.9 Å². The van der Waals surface area contributed by atoms with Gasteiger partial charge in [-0.25, -0.2) is 4.98 Å². The van der Waals surface area contributed by atoms with Crippen molar-refractivity contribution in [2.75, 3.05) is 26.2 Å². The smallest absolute Gasteiger partial charge is 0.296 e. The second-order valence-corrected chi connectivity index (χ2v) is 10.2. The van der Waals surface area contributed by atoms with E-state index in [1.54, 1.807) is 32.3 Å². The molecule has 2 aliphatic heterocycles. The van der Waals surface area contributed by atoms with Crippen LogP contribution in [-0.4, -0.2) is 44.1 Å². The fraction of sp³-hybridized carbons (Fsp3) is 0.370. The largest absolute Gasteiger partial charge is 0.497 e. The maximum atomic E-state index is 13.9. The van der Waals surface area contributed by atoms with Crippen molar-refractivity contribution in [2.24, 2.45) is 5.92 Å². The summed E-state index contributed by atoms with van der Waals surface area (Å²) < 4.78 is 23.5. The molecule has 1 amide bonds. The summed E-state index contributed by atoms with van der Waals surface area (Å²) >= 11 is 1.38. The zero-order valence-corrected chi connectivity index (χ0v) is 21.1. The fourth-order valence-corrected chi connectivity index (χ4v) is 6.52. The topological polar surface area (TPSA) is 87.2 Å². The van der Waals surface area contributed by atoms with Crippen LogP contribution in [0.3, 0.4) is 0 Å². The molecule has 1 saturated carbocycles. The Kier molecular flexibility index (Phi) is 5.59. The molecule has 0 radical (unpaired) electrons. The van der Waals surface area contributed by atoms with Crippen LogP contribution in [0.4, 0.5) is 5.13 Å². The van der Waals surface area contributed by atoms with E-state index in [-0.39, 0.29) is 29.5 Å². The number of amides is 1. The molecule has 3 heterocycles. The molecule has 8 nitrogen and oxygen atoms in total. The highest BCUT2D eigenvalue weighted by atomic mass is 32.1. The average molecular weight is 507 g/mol. The predicted octanol–water partition coefficient (Wildman–Crippen LogP) is 4.82. The third-order valence-electron chi connectivity index (χ3n) is 7.28. The highest BCUT2D eigenvalue weighted by molar-refractivity contribution is 7.22. The second kappa shape index (κ2) is 8.81. The number of hydrogen-bond acceptors (Lipinski definition) is 8. The molecular weight excluding hydrogens is 480 g/mol. The molecule has 3 atom stereocenters. The minimum absolute atomic E-state index is 0.000588. The first-order chi connectivity index (χ1) is 17.5. The number of nitrogens with zero attached hydrogens (tertiary/aromatic N) is 2. The van der Waals surface area contributed by atoms with E-state index in [0.717, 1.165) is 41.5 Å². The number of ketones is 1. The molecule has 0 N–H and O–H groups in total. The number of Topliss-reactive ketones (excluding diaryl/α,β-unsaturated/α-hetero) is 1. The molecule has 0 spiro atoms. The third kappa shape index (κ3) is 3.44. The number of carbonyl (C=O) groups is 2. The quantitative estimate of drug-likeness (QED) is 0.490. The Morgan fingerprint density at radius 3 is 2.56 bits per heavy atom. The molecule has 0 bridgehead atoms. The monoisotopic (exact) mass is 506 g/mol. The van der Waals surface area contributed by atoms with Gasteiger partial charge in [-0.3, -0.25) is 14.5 Å². The van der Waals surface area contributed by atoms with Gasteiger partial charge in [0.15, 0.2) is 28.2 Å². The number of aromatic nitrogens is 1. The van der Waals surface area contributed by atoms with Crippen LogP contribution >= 0.6 is 11.3 Å². The summed E-state index contributed by atoms with van der Waals surface area (Å²) in [5.41, 5.74) is 1.89. The SMILES string of the molecule is COc1ccc2nc(N3C(=O)C4=C(C(=O)C5CCCCC5O4)C3c3ccc(OC)c(OC)c3)sc2c1. The highest BCUT2D eigenvalue weighted by Gasteiger charge is 2.53. The number of carbonyl (C=O) groups excluding carboxylic acids is 2. The van der Waals surface area contributed by atoms with Gasteiger partial charge in [-0.1, -0.05) is 23.8 Å². The van der Waals surface area contributed by atoms with Crippen molar-refractivity contribution in [1.82, 2.24) is 4.98 Å². The van der Waals surface area contributed by atoms with Gasteiger partial charge in [0.25, 0.3) is 5.91 Å². The first kappa shape index (κ1) is 22.8. The van der Waals surface area contributed by atoms with Crippen molar-refractivity contribution in [3.63, 3.8) is 0 Å². The average Bonchev–Trinajstić information content (AvgIpc) is 3.46. The van der Waals surface area contributed by atoms with Crippen molar-refractivity contribution >= 4 is 38.4 Å². The molecule has 3 unspecified atom stereocenters. The van der Waals surface area contributed by atoms with Gasteiger partial charge < -0.3 is 18.9 Å². The molecular formula is C27H26N2O6S. The minimum atomic E-state index is -0.676. The van der Waals surface area contributed by atoms with Gasteiger partial charge in [0, 0.05) is 0 Å². The Bertz CT molecular complexity index is 1410. The Hall–Kier alpha value is -3.59. The fourth-order valence-electron chi connectivity index (χ4n) is 5.50. The first-order valence-corrected chi connectivity index (χ1v) is 12.8. The number of hydrogen-bond donors (Lipinski definition) is 0. The number of fused-ring (bicyclic) bond motifs is 2. The molecule has 1 fully saturated rings. The van der Waals surface area contributed by atoms with E-state index in [2.05, 4.69) is 0 Å². The maximum absolute atomic E-state index is 13.9. The van der Waals surface area contributed by atoms with E-state index in [9.17, 15) is 9.59 Å². The van der Waals surface area contributed by atoms with Gasteiger partial charge in [-0.05, 0) is 55.2 Å². The van der Waals surface area contributed by atoms with Crippen LogP contribution in [0.25, 0.3) is 10.2 Å². The molecule has 9 heteroatoms. The second-order valence-electron chi connectivity index (χ2n) is 9.18. The molecule has 3 aromatic rings. The standard InChI is InChI=1S/C27H26N2O6S/c1-32-15-9-10-17-21(13-15)36-27(28-17)29-23(14-8-11-19(33-2)20(12-14)34-3)22-24(30)16-6-4-5-7-18(16)35-25(22)26(29)31/h8-13,16,18,23H,4-7H2,1-3H3. The molecule has 2 aromatic carbocycles. The van der Waals surface area contributed by atoms with Crippen LogP contribution in [0.2, 0.25) is 0 Å². The molecule has 0 saturated heterocycles. The number of rotatable bonds is 5. The van der Waals surface area contributed by atoms with Crippen molar-refractivity contribution in [3.05, 3.63) is 53.3 Å². The third-order valence-corrected chi connectivity index (χ3v) is 8.29. The summed E-state index contributed by atoms with van der Waals surface area (Å²) in [6, 6.07) is 10.4. The Labute approximate surface area is 212 Å². The van der Waals surface area contributed by atoms with Gasteiger partial charge in [-0.15, -0.1) is 0 Å². The molecule has 1 aromatic heterocycles. The lowest BCUT2D eigenvalue weighted by Crippen LogP contribution is -2.39. The van der Waals surface area contributed by atoms with Crippen LogP contribution in [0, 0.1) is 5.92 Å². The number of methoxy groups -OCH3 is 3. The molecule has 186 valence electrons. The summed E-state index contributed by atoms with van der Waals surface area (Å²) in [4.78, 5) is 34.1. The number of benzene rings is 2. The first-order valence-electron chi connectivity index (χ1n) is 12.0. The zero-order chi connectivity index (χ0) is 25.0. The Morgan fingerprint density at radius 1 is 0.972 bits per heavy atom. The van der Waals surface area contributed by atoms with Gasteiger partial charge >= 0.3 is 0 Å². The Balaban J connectivity index is 1.51. The minimum Gasteiger partial charge on any atom is -0.497 e. The van der Waals surface area contributed by atoms with Crippen LogP contribution in [0.15, 0.2) is 47.7 Å².